The van der Waals surface area contributed by atoms with E-state index in [-0.39, 0.29) is 17.9 Å². The molecular formula is C21H23N3O3. The Hall–Kier alpha value is -3.15. The summed E-state index contributed by atoms with van der Waals surface area (Å²) in [5.74, 6) is -0.272. The van der Waals surface area contributed by atoms with Crippen LogP contribution in [0.15, 0.2) is 53.7 Å². The Morgan fingerprint density at radius 1 is 1.07 bits per heavy atom. The maximum Gasteiger partial charge on any atom is 0.251 e. The van der Waals surface area contributed by atoms with Gasteiger partial charge in [0.25, 0.3) is 11.8 Å². The van der Waals surface area contributed by atoms with Gasteiger partial charge in [0.05, 0.1) is 12.3 Å². The van der Waals surface area contributed by atoms with Gasteiger partial charge in [0.15, 0.2) is 0 Å². The number of nitrogens with one attached hydrogen (secondary N) is 2. The monoisotopic (exact) mass is 365 g/mol. The van der Waals surface area contributed by atoms with Crippen molar-refractivity contribution in [1.82, 2.24) is 10.6 Å². The summed E-state index contributed by atoms with van der Waals surface area (Å²) >= 11 is 0. The quantitative estimate of drug-likeness (QED) is 0.826. The largest absolute Gasteiger partial charge is 0.390 e. The van der Waals surface area contributed by atoms with E-state index in [9.17, 15) is 9.59 Å². The van der Waals surface area contributed by atoms with Crippen LogP contribution in [0.1, 0.15) is 40.5 Å². The van der Waals surface area contributed by atoms with Gasteiger partial charge in [0, 0.05) is 24.6 Å². The molecule has 27 heavy (non-hydrogen) atoms. The lowest BCUT2D eigenvalue weighted by molar-refractivity contribution is 0.0753. The minimum atomic E-state index is -0.146. The van der Waals surface area contributed by atoms with Gasteiger partial charge in [-0.2, -0.15) is 0 Å². The molecule has 0 fully saturated rings. The molecule has 0 bridgehead atoms. The molecule has 0 spiro atoms. The van der Waals surface area contributed by atoms with Crippen LogP contribution in [0.5, 0.6) is 0 Å². The van der Waals surface area contributed by atoms with E-state index < -0.39 is 0 Å². The lowest BCUT2D eigenvalue weighted by Gasteiger charge is -2.11. The fourth-order valence-corrected chi connectivity index (χ4v) is 2.91. The fourth-order valence-electron chi connectivity index (χ4n) is 2.91. The van der Waals surface area contributed by atoms with Gasteiger partial charge < -0.3 is 15.5 Å². The summed E-state index contributed by atoms with van der Waals surface area (Å²) in [7, 11) is 1.60. The zero-order valence-electron chi connectivity index (χ0n) is 15.5. The van der Waals surface area contributed by atoms with Crippen molar-refractivity contribution in [3.63, 3.8) is 0 Å². The Bertz CT molecular complexity index is 859. The maximum absolute atomic E-state index is 12.5. The minimum Gasteiger partial charge on any atom is -0.390 e. The highest BCUT2D eigenvalue weighted by Crippen LogP contribution is 2.21. The molecule has 140 valence electrons. The van der Waals surface area contributed by atoms with Gasteiger partial charge in [-0.25, -0.2) is 0 Å². The highest BCUT2D eigenvalue weighted by atomic mass is 16.6. The van der Waals surface area contributed by atoms with Crippen LogP contribution in [0.25, 0.3) is 11.1 Å². The molecule has 0 saturated heterocycles. The summed E-state index contributed by atoms with van der Waals surface area (Å²) in [6.45, 7) is 2.47. The zero-order chi connectivity index (χ0) is 19.2. The molecule has 0 radical (unpaired) electrons. The molecule has 0 unspecified atom stereocenters. The predicted molar refractivity (Wildman–Crippen MR) is 105 cm³/mol. The van der Waals surface area contributed by atoms with Crippen molar-refractivity contribution < 1.29 is 14.4 Å². The number of amides is 2. The van der Waals surface area contributed by atoms with Crippen molar-refractivity contribution in [1.29, 1.82) is 0 Å². The summed E-state index contributed by atoms with van der Waals surface area (Å²) in [6, 6.07) is 14.7. The number of hydrogen-bond donors (Lipinski definition) is 2. The van der Waals surface area contributed by atoms with E-state index in [1.165, 1.54) is 0 Å². The van der Waals surface area contributed by atoms with Crippen molar-refractivity contribution in [3.05, 3.63) is 59.7 Å². The number of carbonyl (C=O) groups is 2. The van der Waals surface area contributed by atoms with Crippen molar-refractivity contribution >= 4 is 17.5 Å². The zero-order valence-corrected chi connectivity index (χ0v) is 15.5. The molecular weight excluding hydrogens is 342 g/mol. The molecule has 6 heteroatoms. The lowest BCUT2D eigenvalue weighted by Crippen LogP contribution is -2.32. The summed E-state index contributed by atoms with van der Waals surface area (Å²) in [4.78, 5) is 29.4. The first-order valence-corrected chi connectivity index (χ1v) is 9.03. The van der Waals surface area contributed by atoms with Gasteiger partial charge in [-0.05, 0) is 41.8 Å². The van der Waals surface area contributed by atoms with Crippen LogP contribution >= 0.6 is 0 Å². The van der Waals surface area contributed by atoms with Crippen LogP contribution in [0, 0.1) is 0 Å². The number of carbonyl (C=O) groups excluding carboxylic acids is 2. The van der Waals surface area contributed by atoms with Crippen LogP contribution in [-0.4, -0.2) is 37.2 Å². The molecule has 1 atom stereocenters. The van der Waals surface area contributed by atoms with Crippen molar-refractivity contribution in [2.45, 2.75) is 25.9 Å². The Balaban J connectivity index is 1.64. The molecule has 3 rings (SSSR count). The normalized spacial score (nSPS) is 15.6. The summed E-state index contributed by atoms with van der Waals surface area (Å²) in [5, 5.41) is 9.51. The van der Waals surface area contributed by atoms with Crippen molar-refractivity contribution in [3.8, 4) is 11.1 Å². The third-order valence-corrected chi connectivity index (χ3v) is 4.52. The average molecular weight is 365 g/mol. The van der Waals surface area contributed by atoms with E-state index in [1.807, 2.05) is 37.3 Å². The molecule has 1 aliphatic heterocycles. The molecule has 6 nitrogen and oxygen atoms in total. The topological polar surface area (TPSA) is 79.8 Å². The highest BCUT2D eigenvalue weighted by molar-refractivity contribution is 5.96. The lowest BCUT2D eigenvalue weighted by atomic mass is 10.0. The van der Waals surface area contributed by atoms with Crippen LogP contribution in [0.3, 0.4) is 0 Å². The number of rotatable bonds is 6. The van der Waals surface area contributed by atoms with Crippen molar-refractivity contribution in [2.24, 2.45) is 5.16 Å². The SMILES string of the molecule is CCC1=NO[C@H](CNC(=O)c2cccc(-c3ccc(C(=O)NC)cc3)c2)C1. The fraction of sp³-hybridized carbons (Fsp3) is 0.286. The van der Waals surface area contributed by atoms with Gasteiger partial charge in [-0.1, -0.05) is 36.3 Å². The first kappa shape index (κ1) is 18.6. The first-order chi connectivity index (χ1) is 13.1. The van der Waals surface area contributed by atoms with Crippen LogP contribution in [-0.2, 0) is 4.84 Å². The summed E-state index contributed by atoms with van der Waals surface area (Å²) < 4.78 is 0. The molecule has 0 aromatic heterocycles. The second-order valence-electron chi connectivity index (χ2n) is 6.39. The summed E-state index contributed by atoms with van der Waals surface area (Å²) in [5.41, 5.74) is 4.06. The van der Waals surface area contributed by atoms with E-state index in [0.29, 0.717) is 17.7 Å². The third-order valence-electron chi connectivity index (χ3n) is 4.52. The van der Waals surface area contributed by atoms with Crippen molar-refractivity contribution in [2.75, 3.05) is 13.6 Å². The van der Waals surface area contributed by atoms with Gasteiger partial charge in [0.2, 0.25) is 0 Å². The minimum absolute atomic E-state index is 0.0932. The standard InChI is InChI=1S/C21H23N3O3/c1-3-18-12-19(27-24-18)13-23-21(26)17-6-4-5-16(11-17)14-7-9-15(10-8-14)20(25)22-2/h4-11,19H,3,12-13H2,1-2H3,(H,22,25)(H,23,26)/t19-/m0/s1. The Kier molecular flexibility index (Phi) is 5.86. The number of benzene rings is 2. The number of oxime groups is 1. The maximum atomic E-state index is 12.5. The second kappa shape index (κ2) is 8.49. The third kappa shape index (κ3) is 4.53. The van der Waals surface area contributed by atoms with E-state index in [4.69, 9.17) is 4.84 Å². The molecule has 2 N–H and O–H groups in total. The molecule has 2 amide bonds. The van der Waals surface area contributed by atoms with E-state index in [1.54, 1.807) is 25.2 Å². The molecule has 2 aromatic rings. The van der Waals surface area contributed by atoms with E-state index >= 15 is 0 Å². The molecule has 0 saturated carbocycles. The van der Waals surface area contributed by atoms with Gasteiger partial charge >= 0.3 is 0 Å². The first-order valence-electron chi connectivity index (χ1n) is 9.03. The molecule has 2 aromatic carbocycles. The second-order valence-corrected chi connectivity index (χ2v) is 6.39. The summed E-state index contributed by atoms with van der Waals surface area (Å²) in [6.07, 6.45) is 1.53. The van der Waals surface area contributed by atoms with Gasteiger partial charge in [0.1, 0.15) is 6.10 Å². The number of nitrogens with zero attached hydrogens (tertiary/aromatic N) is 1. The van der Waals surface area contributed by atoms with E-state index in [0.717, 1.165) is 29.7 Å². The Morgan fingerprint density at radius 3 is 2.52 bits per heavy atom. The molecule has 0 aliphatic carbocycles. The average Bonchev–Trinajstić information content (AvgIpc) is 3.20. The Morgan fingerprint density at radius 2 is 1.85 bits per heavy atom. The van der Waals surface area contributed by atoms with Gasteiger partial charge in [-0.15, -0.1) is 0 Å². The highest BCUT2D eigenvalue weighted by Gasteiger charge is 2.20. The molecule has 1 aliphatic rings. The van der Waals surface area contributed by atoms with Gasteiger partial charge in [-0.3, -0.25) is 9.59 Å². The van der Waals surface area contributed by atoms with Crippen LogP contribution in [0.4, 0.5) is 0 Å². The smallest absolute Gasteiger partial charge is 0.251 e. The molecule has 1 heterocycles. The van der Waals surface area contributed by atoms with E-state index in [2.05, 4.69) is 15.8 Å². The van der Waals surface area contributed by atoms with Crippen LogP contribution < -0.4 is 10.6 Å². The Labute approximate surface area is 158 Å². The van der Waals surface area contributed by atoms with Crippen LogP contribution in [0.2, 0.25) is 0 Å². The number of hydrogen-bond acceptors (Lipinski definition) is 4. The predicted octanol–water partition coefficient (Wildman–Crippen LogP) is 3.00.